The Bertz CT molecular complexity index is 634. The van der Waals surface area contributed by atoms with E-state index in [0.29, 0.717) is 6.42 Å². The van der Waals surface area contributed by atoms with E-state index in [1.54, 1.807) is 7.11 Å². The van der Waals surface area contributed by atoms with Gasteiger partial charge in [0.05, 0.1) is 13.0 Å². The van der Waals surface area contributed by atoms with E-state index in [1.807, 2.05) is 49.4 Å². The molecule has 0 saturated carbocycles. The molecule has 0 heterocycles. The largest absolute Gasteiger partial charge is 0.497 e. The van der Waals surface area contributed by atoms with Gasteiger partial charge in [0.1, 0.15) is 5.75 Å². The Kier molecular flexibility index (Phi) is 5.59. The van der Waals surface area contributed by atoms with Crippen LogP contribution in [0.1, 0.15) is 36.0 Å². The van der Waals surface area contributed by atoms with Crippen molar-refractivity contribution in [2.45, 2.75) is 32.1 Å². The number of ether oxygens (including phenoxy) is 1. The molecule has 3 nitrogen and oxygen atoms in total. The van der Waals surface area contributed by atoms with Gasteiger partial charge in [0, 0.05) is 0 Å². The summed E-state index contributed by atoms with van der Waals surface area (Å²) in [6.45, 7) is 1.91. The molecule has 0 fully saturated rings. The minimum Gasteiger partial charge on any atom is -0.497 e. The number of benzene rings is 2. The summed E-state index contributed by atoms with van der Waals surface area (Å²) in [7, 11) is 1.66. The lowest BCUT2D eigenvalue weighted by molar-refractivity contribution is -0.138. The molecular formula is C19H22O3. The van der Waals surface area contributed by atoms with Crippen molar-refractivity contribution >= 4 is 5.97 Å². The van der Waals surface area contributed by atoms with Crippen molar-refractivity contribution in [3.8, 4) is 5.75 Å². The lowest BCUT2D eigenvalue weighted by atomic mass is 9.89. The van der Waals surface area contributed by atoms with Crippen molar-refractivity contribution in [1.82, 2.24) is 0 Å². The third-order valence-corrected chi connectivity index (χ3v) is 3.95. The van der Waals surface area contributed by atoms with E-state index in [2.05, 4.69) is 6.07 Å². The van der Waals surface area contributed by atoms with Gasteiger partial charge in [0.2, 0.25) is 0 Å². The third kappa shape index (κ3) is 3.88. The van der Waals surface area contributed by atoms with Crippen molar-refractivity contribution in [3.63, 3.8) is 0 Å². The number of carboxylic acids is 1. The van der Waals surface area contributed by atoms with Gasteiger partial charge in [0.15, 0.2) is 0 Å². The van der Waals surface area contributed by atoms with Crippen LogP contribution in [0.25, 0.3) is 0 Å². The van der Waals surface area contributed by atoms with Crippen LogP contribution in [0.2, 0.25) is 0 Å². The van der Waals surface area contributed by atoms with Crippen molar-refractivity contribution in [3.05, 3.63) is 65.2 Å². The minimum absolute atomic E-state index is 0.429. The summed E-state index contributed by atoms with van der Waals surface area (Å²) in [4.78, 5) is 11.4. The first-order chi connectivity index (χ1) is 10.7. The molecule has 0 aliphatic rings. The number of aliphatic carboxylic acids is 1. The molecule has 0 bridgehead atoms. The number of hydrogen-bond acceptors (Lipinski definition) is 2. The van der Waals surface area contributed by atoms with E-state index in [1.165, 1.54) is 5.56 Å². The SMILES string of the molecule is CC[C@H](C(=O)O)c1ccccc1CCc1cccc(OC)c1. The number of carbonyl (C=O) groups is 1. The van der Waals surface area contributed by atoms with Gasteiger partial charge >= 0.3 is 5.97 Å². The average molecular weight is 298 g/mol. The highest BCUT2D eigenvalue weighted by Gasteiger charge is 2.20. The molecule has 22 heavy (non-hydrogen) atoms. The third-order valence-electron chi connectivity index (χ3n) is 3.95. The second kappa shape index (κ2) is 7.64. The first kappa shape index (κ1) is 16.1. The Morgan fingerprint density at radius 3 is 2.59 bits per heavy atom. The molecule has 0 amide bonds. The van der Waals surface area contributed by atoms with Crippen LogP contribution in [0.15, 0.2) is 48.5 Å². The molecular weight excluding hydrogens is 276 g/mol. The van der Waals surface area contributed by atoms with Gasteiger partial charge in [-0.3, -0.25) is 4.79 Å². The Balaban J connectivity index is 2.17. The maximum absolute atomic E-state index is 11.4. The summed E-state index contributed by atoms with van der Waals surface area (Å²) in [6.07, 6.45) is 2.29. The predicted molar refractivity (Wildman–Crippen MR) is 87.5 cm³/mol. The van der Waals surface area contributed by atoms with Gasteiger partial charge in [-0.2, -0.15) is 0 Å². The van der Waals surface area contributed by atoms with Gasteiger partial charge in [-0.05, 0) is 48.1 Å². The summed E-state index contributed by atoms with van der Waals surface area (Å²) in [6, 6.07) is 15.8. The molecule has 0 radical (unpaired) electrons. The molecule has 2 rings (SSSR count). The Labute approximate surface area is 131 Å². The quantitative estimate of drug-likeness (QED) is 0.838. The molecule has 0 aliphatic carbocycles. The number of methoxy groups -OCH3 is 1. The molecule has 0 aliphatic heterocycles. The first-order valence-electron chi connectivity index (χ1n) is 7.59. The van der Waals surface area contributed by atoms with Crippen LogP contribution in [0.4, 0.5) is 0 Å². The predicted octanol–water partition coefficient (Wildman–Crippen LogP) is 4.06. The van der Waals surface area contributed by atoms with Crippen LogP contribution in [0.5, 0.6) is 5.75 Å². The highest BCUT2D eigenvalue weighted by molar-refractivity contribution is 5.76. The maximum Gasteiger partial charge on any atom is 0.310 e. The fraction of sp³-hybridized carbons (Fsp3) is 0.316. The van der Waals surface area contributed by atoms with E-state index < -0.39 is 11.9 Å². The summed E-state index contributed by atoms with van der Waals surface area (Å²) >= 11 is 0. The number of aryl methyl sites for hydroxylation is 2. The topological polar surface area (TPSA) is 46.5 Å². The maximum atomic E-state index is 11.4. The summed E-state index contributed by atoms with van der Waals surface area (Å²) < 4.78 is 5.24. The fourth-order valence-electron chi connectivity index (χ4n) is 2.74. The van der Waals surface area contributed by atoms with Gasteiger partial charge < -0.3 is 9.84 Å². The zero-order valence-corrected chi connectivity index (χ0v) is 13.1. The van der Waals surface area contributed by atoms with Crippen LogP contribution >= 0.6 is 0 Å². The van der Waals surface area contributed by atoms with Gasteiger partial charge in [-0.15, -0.1) is 0 Å². The molecule has 2 aromatic carbocycles. The lowest BCUT2D eigenvalue weighted by Gasteiger charge is -2.15. The Hall–Kier alpha value is -2.29. The highest BCUT2D eigenvalue weighted by Crippen LogP contribution is 2.25. The number of carboxylic acid groups (broad SMARTS) is 1. The molecule has 0 spiro atoms. The first-order valence-corrected chi connectivity index (χ1v) is 7.59. The Morgan fingerprint density at radius 1 is 1.14 bits per heavy atom. The molecule has 1 N–H and O–H groups in total. The van der Waals surface area contributed by atoms with E-state index in [9.17, 15) is 9.90 Å². The van der Waals surface area contributed by atoms with Crippen molar-refractivity contribution in [2.75, 3.05) is 7.11 Å². The van der Waals surface area contributed by atoms with Crippen molar-refractivity contribution in [2.24, 2.45) is 0 Å². The van der Waals surface area contributed by atoms with Crippen LogP contribution in [0, 0.1) is 0 Å². The zero-order chi connectivity index (χ0) is 15.9. The molecule has 0 aromatic heterocycles. The Morgan fingerprint density at radius 2 is 1.91 bits per heavy atom. The monoisotopic (exact) mass is 298 g/mol. The van der Waals surface area contributed by atoms with Crippen molar-refractivity contribution < 1.29 is 14.6 Å². The van der Waals surface area contributed by atoms with E-state index in [4.69, 9.17) is 4.74 Å². The van der Waals surface area contributed by atoms with Gasteiger partial charge in [-0.1, -0.05) is 43.3 Å². The minimum atomic E-state index is -0.753. The van der Waals surface area contributed by atoms with Crippen molar-refractivity contribution in [1.29, 1.82) is 0 Å². The summed E-state index contributed by atoms with van der Waals surface area (Å²) in [5.41, 5.74) is 3.23. The fourth-order valence-corrected chi connectivity index (χ4v) is 2.74. The van der Waals surface area contributed by atoms with E-state index in [-0.39, 0.29) is 0 Å². The van der Waals surface area contributed by atoms with Gasteiger partial charge in [-0.25, -0.2) is 0 Å². The number of hydrogen-bond donors (Lipinski definition) is 1. The number of rotatable bonds is 7. The van der Waals surface area contributed by atoms with E-state index in [0.717, 1.165) is 29.7 Å². The summed E-state index contributed by atoms with van der Waals surface area (Å²) in [5.74, 6) is -0.333. The lowest BCUT2D eigenvalue weighted by Crippen LogP contribution is -2.13. The standard InChI is InChI=1S/C19H22O3/c1-3-17(19(20)21)18-10-5-4-8-15(18)12-11-14-7-6-9-16(13-14)22-2/h4-10,13,17H,3,11-12H2,1-2H3,(H,20,21)/t17-/m0/s1. The molecule has 2 aromatic rings. The van der Waals surface area contributed by atoms with Gasteiger partial charge in [0.25, 0.3) is 0 Å². The smallest absolute Gasteiger partial charge is 0.310 e. The molecule has 116 valence electrons. The molecule has 0 saturated heterocycles. The van der Waals surface area contributed by atoms with Crippen LogP contribution in [0.3, 0.4) is 0 Å². The van der Waals surface area contributed by atoms with E-state index >= 15 is 0 Å². The normalized spacial score (nSPS) is 11.9. The highest BCUT2D eigenvalue weighted by atomic mass is 16.5. The summed E-state index contributed by atoms with van der Waals surface area (Å²) in [5, 5.41) is 9.39. The van der Waals surface area contributed by atoms with Crippen LogP contribution in [-0.4, -0.2) is 18.2 Å². The second-order valence-corrected chi connectivity index (χ2v) is 5.35. The van der Waals surface area contributed by atoms with Crippen LogP contribution in [-0.2, 0) is 17.6 Å². The van der Waals surface area contributed by atoms with Crippen LogP contribution < -0.4 is 4.74 Å². The molecule has 0 unspecified atom stereocenters. The zero-order valence-electron chi connectivity index (χ0n) is 13.1. The second-order valence-electron chi connectivity index (χ2n) is 5.35. The molecule has 3 heteroatoms. The average Bonchev–Trinajstić information content (AvgIpc) is 2.54. The molecule has 1 atom stereocenters.